The van der Waals surface area contributed by atoms with Gasteiger partial charge in [-0.2, -0.15) is 0 Å². The number of furan rings is 2. The molecule has 0 saturated carbocycles. The van der Waals surface area contributed by atoms with Crippen molar-refractivity contribution in [2.75, 3.05) is 5.32 Å². The van der Waals surface area contributed by atoms with Crippen LogP contribution in [0.3, 0.4) is 0 Å². The van der Waals surface area contributed by atoms with Crippen LogP contribution in [0, 0.1) is 0 Å². The number of carbonyl (C=O) groups is 1. The van der Waals surface area contributed by atoms with Crippen LogP contribution in [0.2, 0.25) is 0 Å². The second-order valence-corrected chi connectivity index (χ2v) is 5.61. The van der Waals surface area contributed by atoms with E-state index in [9.17, 15) is 4.79 Å². The van der Waals surface area contributed by atoms with Crippen molar-refractivity contribution in [3.63, 3.8) is 0 Å². The third-order valence-electron chi connectivity index (χ3n) is 3.87. The van der Waals surface area contributed by atoms with Gasteiger partial charge in [0.2, 0.25) is 0 Å². The van der Waals surface area contributed by atoms with Crippen LogP contribution in [0.25, 0.3) is 22.3 Å². The van der Waals surface area contributed by atoms with Crippen molar-refractivity contribution in [2.45, 2.75) is 6.61 Å². The predicted octanol–water partition coefficient (Wildman–Crippen LogP) is 4.44. The van der Waals surface area contributed by atoms with Crippen molar-refractivity contribution in [2.24, 2.45) is 0 Å². The van der Waals surface area contributed by atoms with Gasteiger partial charge >= 0.3 is 0 Å². The monoisotopic (exact) mass is 333 g/mol. The van der Waals surface area contributed by atoms with Gasteiger partial charge in [0.05, 0.1) is 0 Å². The summed E-state index contributed by atoms with van der Waals surface area (Å²) in [7, 11) is 0. The van der Waals surface area contributed by atoms with Crippen LogP contribution in [0.4, 0.5) is 5.69 Å². The van der Waals surface area contributed by atoms with Crippen molar-refractivity contribution in [3.8, 4) is 11.3 Å². The minimum atomic E-state index is -0.316. The molecule has 2 aromatic carbocycles. The zero-order valence-corrected chi connectivity index (χ0v) is 13.2. The number of fused-ring (bicyclic) bond motifs is 1. The lowest BCUT2D eigenvalue weighted by Crippen LogP contribution is -2.10. The Balaban J connectivity index is 1.57. The number of hydrogen-bond acceptors (Lipinski definition) is 4. The summed E-state index contributed by atoms with van der Waals surface area (Å²) in [5.41, 5.74) is 2.11. The molecular formula is C20H15NO4. The van der Waals surface area contributed by atoms with E-state index in [0.717, 1.165) is 10.9 Å². The van der Waals surface area contributed by atoms with Gasteiger partial charge in [-0.15, -0.1) is 0 Å². The van der Waals surface area contributed by atoms with Crippen molar-refractivity contribution in [1.82, 2.24) is 0 Å². The van der Waals surface area contributed by atoms with Gasteiger partial charge in [0.25, 0.3) is 5.91 Å². The van der Waals surface area contributed by atoms with Crippen LogP contribution in [0.15, 0.2) is 75.6 Å². The molecule has 0 aliphatic rings. The molecule has 0 aliphatic carbocycles. The van der Waals surface area contributed by atoms with Crippen molar-refractivity contribution in [3.05, 3.63) is 78.3 Å². The highest BCUT2D eigenvalue weighted by atomic mass is 16.4. The highest BCUT2D eigenvalue weighted by molar-refractivity contribution is 6.04. The van der Waals surface area contributed by atoms with Gasteiger partial charge in [-0.05, 0) is 36.4 Å². The molecule has 0 aliphatic heterocycles. The largest absolute Gasteiger partial charge is 0.459 e. The number of nitrogens with one attached hydrogen (secondary N) is 1. The summed E-state index contributed by atoms with van der Waals surface area (Å²) in [5.74, 6) is 1.06. The first-order valence-electron chi connectivity index (χ1n) is 7.83. The van der Waals surface area contributed by atoms with Crippen LogP contribution in [-0.2, 0) is 6.61 Å². The van der Waals surface area contributed by atoms with Crippen molar-refractivity contribution >= 4 is 22.6 Å². The van der Waals surface area contributed by atoms with E-state index >= 15 is 0 Å². The molecule has 2 aromatic heterocycles. The molecule has 0 unspecified atom stereocenters. The van der Waals surface area contributed by atoms with Gasteiger partial charge in [0.1, 0.15) is 23.7 Å². The van der Waals surface area contributed by atoms with Gasteiger partial charge in [0, 0.05) is 16.6 Å². The SMILES string of the molecule is O=C(Nc1cccc(-c2ccc(CO)o2)c1)c1cc2ccccc2o1. The first-order chi connectivity index (χ1) is 12.2. The highest BCUT2D eigenvalue weighted by Gasteiger charge is 2.13. The Kier molecular flexibility index (Phi) is 3.84. The normalized spacial score (nSPS) is 10.9. The summed E-state index contributed by atoms with van der Waals surface area (Å²) in [5, 5.41) is 12.8. The van der Waals surface area contributed by atoms with Crippen molar-refractivity contribution < 1.29 is 18.7 Å². The van der Waals surface area contributed by atoms with Gasteiger partial charge < -0.3 is 19.3 Å². The molecule has 2 N–H and O–H groups in total. The number of anilines is 1. The Hall–Kier alpha value is -3.31. The van der Waals surface area contributed by atoms with E-state index in [1.54, 1.807) is 30.3 Å². The first-order valence-corrected chi connectivity index (χ1v) is 7.83. The molecule has 5 nitrogen and oxygen atoms in total. The standard InChI is InChI=1S/C20H15NO4/c22-12-16-8-9-18(24-16)13-5-3-6-15(10-13)21-20(23)19-11-14-4-1-2-7-17(14)25-19/h1-11,22H,12H2,(H,21,23). The maximum atomic E-state index is 12.4. The Morgan fingerprint density at radius 3 is 2.64 bits per heavy atom. The molecule has 0 atom stereocenters. The van der Waals surface area contributed by atoms with Crippen LogP contribution >= 0.6 is 0 Å². The molecule has 0 fully saturated rings. The van der Waals surface area contributed by atoms with Gasteiger partial charge in [-0.1, -0.05) is 30.3 Å². The third-order valence-corrected chi connectivity index (χ3v) is 3.87. The number of benzene rings is 2. The lowest BCUT2D eigenvalue weighted by Gasteiger charge is -2.05. The van der Waals surface area contributed by atoms with E-state index in [1.807, 2.05) is 36.4 Å². The Morgan fingerprint density at radius 1 is 0.960 bits per heavy atom. The summed E-state index contributed by atoms with van der Waals surface area (Å²) in [4.78, 5) is 12.4. The molecule has 0 radical (unpaired) electrons. The third kappa shape index (κ3) is 3.05. The topological polar surface area (TPSA) is 75.6 Å². The molecular weight excluding hydrogens is 318 g/mol. The molecule has 2 heterocycles. The van der Waals surface area contributed by atoms with Gasteiger partial charge in [-0.3, -0.25) is 4.79 Å². The van der Waals surface area contributed by atoms with E-state index < -0.39 is 0 Å². The van der Waals surface area contributed by atoms with E-state index in [2.05, 4.69) is 5.32 Å². The van der Waals surface area contributed by atoms with E-state index in [1.165, 1.54) is 0 Å². The smallest absolute Gasteiger partial charge is 0.291 e. The number of para-hydroxylation sites is 1. The summed E-state index contributed by atoms with van der Waals surface area (Å²) in [6.45, 7) is -0.150. The fourth-order valence-electron chi connectivity index (χ4n) is 2.65. The molecule has 0 spiro atoms. The number of amides is 1. The maximum Gasteiger partial charge on any atom is 0.291 e. The fourth-order valence-corrected chi connectivity index (χ4v) is 2.65. The zero-order valence-electron chi connectivity index (χ0n) is 13.2. The lowest BCUT2D eigenvalue weighted by molar-refractivity contribution is 0.0998. The summed E-state index contributed by atoms with van der Waals surface area (Å²) < 4.78 is 11.1. The van der Waals surface area contributed by atoms with Crippen molar-refractivity contribution in [1.29, 1.82) is 0 Å². The Morgan fingerprint density at radius 2 is 1.84 bits per heavy atom. The predicted molar refractivity (Wildman–Crippen MR) is 94.2 cm³/mol. The summed E-state index contributed by atoms with van der Waals surface area (Å²) in [6.07, 6.45) is 0. The number of carbonyl (C=O) groups excluding carboxylic acids is 1. The summed E-state index contributed by atoms with van der Waals surface area (Å²) >= 11 is 0. The molecule has 5 heteroatoms. The molecule has 124 valence electrons. The number of hydrogen-bond donors (Lipinski definition) is 2. The highest BCUT2D eigenvalue weighted by Crippen LogP contribution is 2.26. The fraction of sp³-hybridized carbons (Fsp3) is 0.0500. The van der Waals surface area contributed by atoms with Crippen LogP contribution < -0.4 is 5.32 Å². The van der Waals surface area contributed by atoms with Crippen LogP contribution in [0.1, 0.15) is 16.3 Å². The lowest BCUT2D eigenvalue weighted by atomic mass is 10.1. The molecule has 0 saturated heterocycles. The molecule has 4 rings (SSSR count). The average Bonchev–Trinajstić information content (AvgIpc) is 3.28. The van der Waals surface area contributed by atoms with Crippen LogP contribution in [-0.4, -0.2) is 11.0 Å². The Bertz CT molecular complexity index is 1010. The quantitative estimate of drug-likeness (QED) is 0.579. The number of rotatable bonds is 4. The molecule has 0 bridgehead atoms. The average molecular weight is 333 g/mol. The van der Waals surface area contributed by atoms with E-state index in [-0.39, 0.29) is 18.3 Å². The zero-order chi connectivity index (χ0) is 17.2. The minimum Gasteiger partial charge on any atom is -0.459 e. The van der Waals surface area contributed by atoms with Crippen LogP contribution in [0.5, 0.6) is 0 Å². The van der Waals surface area contributed by atoms with Gasteiger partial charge in [-0.25, -0.2) is 0 Å². The molecule has 25 heavy (non-hydrogen) atoms. The van der Waals surface area contributed by atoms with E-state index in [4.69, 9.17) is 13.9 Å². The van der Waals surface area contributed by atoms with Gasteiger partial charge in [0.15, 0.2) is 5.76 Å². The number of aliphatic hydroxyl groups is 1. The Labute approximate surface area is 143 Å². The first kappa shape index (κ1) is 15.2. The second kappa shape index (κ2) is 6.30. The molecule has 1 amide bonds. The second-order valence-electron chi connectivity index (χ2n) is 5.61. The van der Waals surface area contributed by atoms with E-state index in [0.29, 0.717) is 22.8 Å². The molecule has 4 aromatic rings. The maximum absolute atomic E-state index is 12.4. The number of aliphatic hydroxyl groups excluding tert-OH is 1. The minimum absolute atomic E-state index is 0.150. The summed E-state index contributed by atoms with van der Waals surface area (Å²) in [6, 6.07) is 20.0.